The van der Waals surface area contributed by atoms with Crippen LogP contribution in [0.5, 0.6) is 5.75 Å². The summed E-state index contributed by atoms with van der Waals surface area (Å²) in [5.74, 6) is 2.25. The molecule has 1 aromatic carbocycles. The first-order valence-corrected chi connectivity index (χ1v) is 7.83. The van der Waals surface area contributed by atoms with Crippen LogP contribution in [0.3, 0.4) is 0 Å². The lowest BCUT2D eigenvalue weighted by Crippen LogP contribution is -2.43. The van der Waals surface area contributed by atoms with E-state index in [0.717, 1.165) is 18.8 Å². The predicted molar refractivity (Wildman–Crippen MR) is 87.7 cm³/mol. The van der Waals surface area contributed by atoms with E-state index in [-0.39, 0.29) is 6.10 Å². The quantitative estimate of drug-likeness (QED) is 0.685. The van der Waals surface area contributed by atoms with Crippen LogP contribution in [0.4, 0.5) is 0 Å². The molecule has 1 aliphatic heterocycles. The topological polar surface area (TPSA) is 50.9 Å². The third-order valence-electron chi connectivity index (χ3n) is 3.82. The van der Waals surface area contributed by atoms with Gasteiger partial charge in [0.15, 0.2) is 5.96 Å². The number of hydrogen-bond acceptors (Lipinski definition) is 2. The first-order chi connectivity index (χ1) is 10.0. The zero-order valence-electron chi connectivity index (χ0n) is 13.4. The van der Waals surface area contributed by atoms with Gasteiger partial charge in [0, 0.05) is 13.1 Å². The molecule has 1 aliphatic rings. The minimum absolute atomic E-state index is 0.0209. The van der Waals surface area contributed by atoms with E-state index in [1.807, 2.05) is 25.1 Å². The molecule has 2 rings (SSSR count). The van der Waals surface area contributed by atoms with Crippen LogP contribution in [0.1, 0.15) is 32.3 Å². The number of hydrogen-bond donors (Lipinski definition) is 1. The highest BCUT2D eigenvalue weighted by Gasteiger charge is 2.17. The maximum atomic E-state index is 6.10. The van der Waals surface area contributed by atoms with Crippen molar-refractivity contribution >= 4 is 5.96 Å². The van der Waals surface area contributed by atoms with E-state index >= 15 is 0 Å². The Labute approximate surface area is 128 Å². The van der Waals surface area contributed by atoms with Gasteiger partial charge in [0.05, 0.1) is 6.54 Å². The number of guanidine groups is 1. The first kappa shape index (κ1) is 15.7. The summed E-state index contributed by atoms with van der Waals surface area (Å²) in [6, 6.07) is 8.08. The van der Waals surface area contributed by atoms with Gasteiger partial charge in [0.25, 0.3) is 0 Å². The highest BCUT2D eigenvalue weighted by molar-refractivity contribution is 5.78. The lowest BCUT2D eigenvalue weighted by atomic mass is 10.0. The molecule has 21 heavy (non-hydrogen) atoms. The van der Waals surface area contributed by atoms with Crippen LogP contribution < -0.4 is 10.5 Å². The summed E-state index contributed by atoms with van der Waals surface area (Å²) in [5.41, 5.74) is 7.30. The van der Waals surface area contributed by atoms with Crippen LogP contribution in [-0.4, -0.2) is 36.6 Å². The second-order valence-electron chi connectivity index (χ2n) is 6.14. The average Bonchev–Trinajstić information content (AvgIpc) is 2.45. The lowest BCUT2D eigenvalue weighted by molar-refractivity contribution is 0.228. The molecule has 4 heteroatoms. The van der Waals surface area contributed by atoms with Crippen molar-refractivity contribution in [2.75, 3.05) is 19.6 Å². The normalized spacial score (nSPS) is 21.2. The maximum Gasteiger partial charge on any atom is 0.191 e. The van der Waals surface area contributed by atoms with Gasteiger partial charge in [-0.05, 0) is 50.3 Å². The average molecular weight is 289 g/mol. The first-order valence-electron chi connectivity index (χ1n) is 7.83. The van der Waals surface area contributed by atoms with Crippen LogP contribution in [0.2, 0.25) is 0 Å². The molecule has 0 aliphatic carbocycles. The van der Waals surface area contributed by atoms with E-state index in [1.54, 1.807) is 0 Å². The molecule has 1 fully saturated rings. The van der Waals surface area contributed by atoms with Gasteiger partial charge in [-0.15, -0.1) is 0 Å². The number of ether oxygens (including phenoxy) is 1. The van der Waals surface area contributed by atoms with Gasteiger partial charge in [0.1, 0.15) is 11.9 Å². The Bertz CT molecular complexity index is 487. The summed E-state index contributed by atoms with van der Waals surface area (Å²) >= 11 is 0. The molecular formula is C17H27N3O. The van der Waals surface area contributed by atoms with Gasteiger partial charge in [-0.1, -0.05) is 19.1 Å². The van der Waals surface area contributed by atoms with Crippen molar-refractivity contribution < 1.29 is 4.74 Å². The Hall–Kier alpha value is -1.71. The van der Waals surface area contributed by atoms with Crippen molar-refractivity contribution in [3.05, 3.63) is 29.8 Å². The van der Waals surface area contributed by atoms with Gasteiger partial charge in [-0.2, -0.15) is 0 Å². The number of nitrogens with zero attached hydrogens (tertiary/aromatic N) is 2. The molecule has 0 radical (unpaired) electrons. The highest BCUT2D eigenvalue weighted by atomic mass is 16.5. The number of aryl methyl sites for hydroxylation is 1. The number of piperidine rings is 1. The monoisotopic (exact) mass is 289 g/mol. The van der Waals surface area contributed by atoms with Crippen molar-refractivity contribution in [2.45, 2.75) is 39.7 Å². The van der Waals surface area contributed by atoms with E-state index in [0.29, 0.717) is 18.4 Å². The fourth-order valence-corrected chi connectivity index (χ4v) is 2.68. The molecule has 2 unspecified atom stereocenters. The summed E-state index contributed by atoms with van der Waals surface area (Å²) in [6.07, 6.45) is 2.51. The Morgan fingerprint density at radius 1 is 1.52 bits per heavy atom. The standard InChI is InChI=1S/C17H27N3O/c1-13-6-4-8-16(10-13)21-15(3)11-19-17(18)20-9-5-7-14(2)12-20/h4,6,8,10,14-15H,5,7,9,11-12H2,1-3H3,(H2,18,19). The van der Waals surface area contributed by atoms with E-state index in [9.17, 15) is 0 Å². The third-order valence-corrected chi connectivity index (χ3v) is 3.82. The Balaban J connectivity index is 1.84. The van der Waals surface area contributed by atoms with E-state index in [2.05, 4.69) is 29.8 Å². The van der Waals surface area contributed by atoms with Crippen LogP contribution in [0.15, 0.2) is 29.3 Å². The van der Waals surface area contributed by atoms with Crippen LogP contribution >= 0.6 is 0 Å². The molecular weight excluding hydrogens is 262 g/mol. The number of aliphatic imine (C=N–C) groups is 1. The largest absolute Gasteiger partial charge is 0.489 e. The summed E-state index contributed by atoms with van der Waals surface area (Å²) in [7, 11) is 0. The Kier molecular flexibility index (Phi) is 5.48. The fraction of sp³-hybridized carbons (Fsp3) is 0.588. The van der Waals surface area contributed by atoms with E-state index < -0.39 is 0 Å². The smallest absolute Gasteiger partial charge is 0.191 e. The van der Waals surface area contributed by atoms with Gasteiger partial charge in [-0.25, -0.2) is 4.99 Å². The van der Waals surface area contributed by atoms with Gasteiger partial charge in [0.2, 0.25) is 0 Å². The summed E-state index contributed by atoms with van der Waals surface area (Å²) < 4.78 is 5.87. The fourth-order valence-electron chi connectivity index (χ4n) is 2.68. The molecule has 1 saturated heterocycles. The molecule has 1 heterocycles. The second kappa shape index (κ2) is 7.34. The zero-order chi connectivity index (χ0) is 15.2. The molecule has 1 aromatic rings. The van der Waals surface area contributed by atoms with Crippen molar-refractivity contribution in [3.8, 4) is 5.75 Å². The summed E-state index contributed by atoms with van der Waals surface area (Å²) in [4.78, 5) is 6.68. The predicted octanol–water partition coefficient (Wildman–Crippen LogP) is 2.81. The zero-order valence-corrected chi connectivity index (χ0v) is 13.4. The minimum Gasteiger partial charge on any atom is -0.489 e. The SMILES string of the molecule is Cc1cccc(OC(C)CN=C(N)N2CCCC(C)C2)c1. The molecule has 0 amide bonds. The molecule has 2 atom stereocenters. The van der Waals surface area contributed by atoms with Gasteiger partial charge >= 0.3 is 0 Å². The Morgan fingerprint density at radius 2 is 2.33 bits per heavy atom. The molecule has 0 saturated carbocycles. The lowest BCUT2D eigenvalue weighted by Gasteiger charge is -2.31. The Morgan fingerprint density at radius 3 is 3.05 bits per heavy atom. The van der Waals surface area contributed by atoms with Crippen molar-refractivity contribution in [1.82, 2.24) is 4.90 Å². The van der Waals surface area contributed by atoms with Crippen molar-refractivity contribution in [3.63, 3.8) is 0 Å². The number of benzene rings is 1. The molecule has 4 nitrogen and oxygen atoms in total. The molecule has 2 N–H and O–H groups in total. The van der Waals surface area contributed by atoms with Gasteiger partial charge in [-0.3, -0.25) is 0 Å². The molecule has 0 spiro atoms. The number of nitrogens with two attached hydrogens (primary N) is 1. The molecule has 0 bridgehead atoms. The van der Waals surface area contributed by atoms with E-state index in [4.69, 9.17) is 10.5 Å². The summed E-state index contributed by atoms with van der Waals surface area (Å²) in [6.45, 7) is 8.98. The van der Waals surface area contributed by atoms with Crippen LogP contribution in [0, 0.1) is 12.8 Å². The third kappa shape index (κ3) is 4.96. The number of rotatable bonds is 4. The van der Waals surface area contributed by atoms with Crippen molar-refractivity contribution in [1.29, 1.82) is 0 Å². The number of likely N-dealkylation sites (tertiary alicyclic amines) is 1. The van der Waals surface area contributed by atoms with Crippen LogP contribution in [-0.2, 0) is 0 Å². The maximum absolute atomic E-state index is 6.10. The molecule has 116 valence electrons. The van der Waals surface area contributed by atoms with Crippen molar-refractivity contribution in [2.24, 2.45) is 16.6 Å². The molecule has 0 aromatic heterocycles. The van der Waals surface area contributed by atoms with Gasteiger partial charge < -0.3 is 15.4 Å². The van der Waals surface area contributed by atoms with Crippen LogP contribution in [0.25, 0.3) is 0 Å². The minimum atomic E-state index is 0.0209. The second-order valence-corrected chi connectivity index (χ2v) is 6.14. The van der Waals surface area contributed by atoms with E-state index in [1.165, 1.54) is 18.4 Å². The highest BCUT2D eigenvalue weighted by Crippen LogP contribution is 2.16. The summed E-state index contributed by atoms with van der Waals surface area (Å²) in [5, 5.41) is 0.